The van der Waals surface area contributed by atoms with Gasteiger partial charge in [0.05, 0.1) is 0 Å². The first-order valence-corrected chi connectivity index (χ1v) is 6.16. The molecule has 0 spiro atoms. The van der Waals surface area contributed by atoms with Crippen molar-refractivity contribution in [2.75, 3.05) is 6.61 Å². The maximum absolute atomic E-state index is 11.7. The molecule has 1 aromatic rings. The molecule has 0 amide bonds. The Morgan fingerprint density at radius 1 is 1.41 bits per heavy atom. The summed E-state index contributed by atoms with van der Waals surface area (Å²) in [6, 6.07) is 7.76. The second-order valence-corrected chi connectivity index (χ2v) is 4.43. The summed E-state index contributed by atoms with van der Waals surface area (Å²) in [5.41, 5.74) is 0.815. The van der Waals surface area contributed by atoms with Crippen molar-refractivity contribution in [2.24, 2.45) is 0 Å². The number of fused-ring (bicyclic) bond motifs is 1. The fourth-order valence-corrected chi connectivity index (χ4v) is 2.64. The summed E-state index contributed by atoms with van der Waals surface area (Å²) in [6.07, 6.45) is 3.42. The number of benzene rings is 1. The third-order valence-corrected chi connectivity index (χ3v) is 3.41. The molecule has 3 nitrogen and oxygen atoms in total. The van der Waals surface area contributed by atoms with Crippen LogP contribution in [0.4, 0.5) is 0 Å². The van der Waals surface area contributed by atoms with Gasteiger partial charge in [0.1, 0.15) is 0 Å². The van der Waals surface area contributed by atoms with Crippen LogP contribution in [-0.4, -0.2) is 17.7 Å². The zero-order valence-corrected chi connectivity index (χ0v) is 10.1. The van der Waals surface area contributed by atoms with E-state index in [2.05, 4.69) is 0 Å². The number of ether oxygens (including phenoxy) is 1. The van der Waals surface area contributed by atoms with Crippen molar-refractivity contribution in [3.8, 4) is 0 Å². The molecule has 17 heavy (non-hydrogen) atoms. The molecule has 0 saturated carbocycles. The van der Waals surface area contributed by atoms with E-state index in [0.717, 1.165) is 30.4 Å². The van der Waals surface area contributed by atoms with Crippen LogP contribution in [0.5, 0.6) is 0 Å². The van der Waals surface area contributed by atoms with Crippen molar-refractivity contribution in [3.63, 3.8) is 0 Å². The molecule has 0 aromatic heterocycles. The molecule has 0 radical (unpaired) electrons. The van der Waals surface area contributed by atoms with Crippen LogP contribution < -0.4 is 0 Å². The monoisotopic (exact) mass is 234 g/mol. The number of aliphatic carboxylic acids is 1. The first kappa shape index (κ1) is 12.1. The topological polar surface area (TPSA) is 46.5 Å². The molecular weight excluding hydrogens is 216 g/mol. The Bertz CT molecular complexity index is 414. The highest BCUT2D eigenvalue weighted by Crippen LogP contribution is 2.37. The van der Waals surface area contributed by atoms with E-state index in [1.165, 1.54) is 0 Å². The third-order valence-electron chi connectivity index (χ3n) is 3.41. The smallest absolute Gasteiger partial charge is 0.340 e. The van der Waals surface area contributed by atoms with Crippen LogP contribution in [0.15, 0.2) is 24.3 Å². The van der Waals surface area contributed by atoms with Crippen molar-refractivity contribution in [3.05, 3.63) is 35.4 Å². The van der Waals surface area contributed by atoms with Gasteiger partial charge in [-0.3, -0.25) is 0 Å². The molecule has 1 unspecified atom stereocenters. The number of aryl methyl sites for hydroxylation is 1. The van der Waals surface area contributed by atoms with Gasteiger partial charge >= 0.3 is 5.97 Å². The first-order chi connectivity index (χ1) is 8.20. The Labute approximate surface area is 101 Å². The highest BCUT2D eigenvalue weighted by Gasteiger charge is 2.43. The van der Waals surface area contributed by atoms with E-state index in [0.29, 0.717) is 13.0 Å². The fraction of sp³-hybridized carbons (Fsp3) is 0.500. The molecule has 1 aromatic carbocycles. The Morgan fingerprint density at radius 2 is 2.18 bits per heavy atom. The minimum atomic E-state index is -1.14. The van der Waals surface area contributed by atoms with Crippen LogP contribution >= 0.6 is 0 Å². The molecule has 1 aliphatic carbocycles. The standard InChI is InChI=1S/C14H18O3/c1-2-17-14(13(15)16)10-6-5-8-11-7-3-4-9-12(11)14/h3-4,7,9H,2,5-6,8,10H2,1H3,(H,15,16). The summed E-state index contributed by atoms with van der Waals surface area (Å²) in [7, 11) is 0. The number of hydrogen-bond donors (Lipinski definition) is 1. The predicted molar refractivity (Wildman–Crippen MR) is 64.9 cm³/mol. The zero-order chi connectivity index (χ0) is 12.3. The van der Waals surface area contributed by atoms with Crippen molar-refractivity contribution in [1.29, 1.82) is 0 Å². The third kappa shape index (κ3) is 2.07. The maximum Gasteiger partial charge on any atom is 0.340 e. The number of hydrogen-bond acceptors (Lipinski definition) is 2. The summed E-state index contributed by atoms with van der Waals surface area (Å²) >= 11 is 0. The molecule has 1 atom stereocenters. The van der Waals surface area contributed by atoms with Crippen LogP contribution in [0.2, 0.25) is 0 Å². The Kier molecular flexibility index (Phi) is 3.48. The normalized spacial score (nSPS) is 23.8. The molecule has 1 N–H and O–H groups in total. The molecule has 1 aliphatic rings. The van der Waals surface area contributed by atoms with E-state index >= 15 is 0 Å². The summed E-state index contributed by atoms with van der Waals surface area (Å²) in [6.45, 7) is 2.26. The lowest BCUT2D eigenvalue weighted by molar-refractivity contribution is -0.168. The highest BCUT2D eigenvalue weighted by atomic mass is 16.5. The van der Waals surface area contributed by atoms with Gasteiger partial charge in [-0.05, 0) is 43.7 Å². The molecule has 0 heterocycles. The summed E-state index contributed by atoms with van der Waals surface area (Å²) in [5, 5.41) is 9.57. The van der Waals surface area contributed by atoms with Gasteiger partial charge in [0.2, 0.25) is 0 Å². The van der Waals surface area contributed by atoms with Gasteiger partial charge in [-0.2, -0.15) is 0 Å². The van der Waals surface area contributed by atoms with Crippen LogP contribution in [0.3, 0.4) is 0 Å². The van der Waals surface area contributed by atoms with Crippen molar-refractivity contribution >= 4 is 5.97 Å². The van der Waals surface area contributed by atoms with Gasteiger partial charge in [0.15, 0.2) is 5.60 Å². The minimum Gasteiger partial charge on any atom is -0.479 e. The number of carbonyl (C=O) groups is 1. The van der Waals surface area contributed by atoms with E-state index in [-0.39, 0.29) is 0 Å². The van der Waals surface area contributed by atoms with E-state index < -0.39 is 11.6 Å². The SMILES string of the molecule is CCOC1(C(=O)O)CCCCc2ccccc21. The molecule has 0 bridgehead atoms. The number of carboxylic acids is 1. The average molecular weight is 234 g/mol. The fourth-order valence-electron chi connectivity index (χ4n) is 2.64. The first-order valence-electron chi connectivity index (χ1n) is 6.16. The lowest BCUT2D eigenvalue weighted by atomic mass is 9.87. The van der Waals surface area contributed by atoms with Gasteiger partial charge < -0.3 is 9.84 Å². The van der Waals surface area contributed by atoms with E-state index in [4.69, 9.17) is 4.74 Å². The van der Waals surface area contributed by atoms with Crippen molar-refractivity contribution in [2.45, 2.75) is 38.2 Å². The van der Waals surface area contributed by atoms with Crippen LogP contribution in [0.25, 0.3) is 0 Å². The van der Waals surface area contributed by atoms with Crippen LogP contribution in [0, 0.1) is 0 Å². The van der Waals surface area contributed by atoms with Gasteiger partial charge in [0, 0.05) is 6.61 Å². The Hall–Kier alpha value is -1.35. The number of carboxylic acid groups (broad SMARTS) is 1. The van der Waals surface area contributed by atoms with Crippen molar-refractivity contribution in [1.82, 2.24) is 0 Å². The molecule has 92 valence electrons. The van der Waals surface area contributed by atoms with E-state index in [1.54, 1.807) is 0 Å². The van der Waals surface area contributed by atoms with Gasteiger partial charge in [0.25, 0.3) is 0 Å². The lowest BCUT2D eigenvalue weighted by Gasteiger charge is -2.29. The largest absolute Gasteiger partial charge is 0.479 e. The molecule has 0 saturated heterocycles. The Balaban J connectivity index is 2.54. The molecule has 2 rings (SSSR count). The van der Waals surface area contributed by atoms with Crippen LogP contribution in [-0.2, 0) is 21.6 Å². The van der Waals surface area contributed by atoms with Crippen LogP contribution in [0.1, 0.15) is 37.3 Å². The van der Waals surface area contributed by atoms with Gasteiger partial charge in [-0.25, -0.2) is 4.79 Å². The predicted octanol–water partition coefficient (Wildman–Crippen LogP) is 2.73. The highest BCUT2D eigenvalue weighted by molar-refractivity contribution is 5.80. The molecule has 0 aliphatic heterocycles. The maximum atomic E-state index is 11.7. The summed E-state index contributed by atoms with van der Waals surface area (Å²) in [4.78, 5) is 11.7. The van der Waals surface area contributed by atoms with Gasteiger partial charge in [-0.1, -0.05) is 24.3 Å². The summed E-state index contributed by atoms with van der Waals surface area (Å²) in [5.74, 6) is -0.867. The zero-order valence-electron chi connectivity index (χ0n) is 10.1. The van der Waals surface area contributed by atoms with E-state index in [9.17, 15) is 9.90 Å². The number of rotatable bonds is 3. The van der Waals surface area contributed by atoms with Crippen molar-refractivity contribution < 1.29 is 14.6 Å². The molecule has 0 fully saturated rings. The second kappa shape index (κ2) is 4.88. The lowest BCUT2D eigenvalue weighted by Crippen LogP contribution is -2.39. The quantitative estimate of drug-likeness (QED) is 0.818. The average Bonchev–Trinajstić information content (AvgIpc) is 2.51. The minimum absolute atomic E-state index is 0.417. The van der Waals surface area contributed by atoms with E-state index in [1.807, 2.05) is 31.2 Å². The second-order valence-electron chi connectivity index (χ2n) is 4.43. The van der Waals surface area contributed by atoms with Gasteiger partial charge in [-0.15, -0.1) is 0 Å². The summed E-state index contributed by atoms with van der Waals surface area (Å²) < 4.78 is 5.64. The molecular formula is C14H18O3. The Morgan fingerprint density at radius 3 is 2.88 bits per heavy atom. The molecule has 3 heteroatoms.